The normalized spacial score (nSPS) is 9.80. The lowest BCUT2D eigenvalue weighted by atomic mass is 10.2. The minimum atomic E-state index is -0.0326. The number of rotatable bonds is 2. The summed E-state index contributed by atoms with van der Waals surface area (Å²) >= 11 is 10.1. The molecule has 0 bridgehead atoms. The molecule has 54 valence electrons. The molecule has 1 rings (SSSR count). The standard InChI is InChI=1S/C6H4BrClOS/c7-6-4(1-2-10-6)5(9)3-8/h1-2H,3H2. The highest BCUT2D eigenvalue weighted by Crippen LogP contribution is 2.23. The first kappa shape index (κ1) is 8.24. The Morgan fingerprint density at radius 3 is 2.90 bits per heavy atom. The van der Waals surface area contributed by atoms with E-state index in [0.29, 0.717) is 5.56 Å². The second kappa shape index (κ2) is 3.51. The summed E-state index contributed by atoms with van der Waals surface area (Å²) in [6.45, 7) is 0. The summed E-state index contributed by atoms with van der Waals surface area (Å²) in [5, 5.41) is 1.85. The van der Waals surface area contributed by atoms with Crippen molar-refractivity contribution < 1.29 is 4.79 Å². The highest BCUT2D eigenvalue weighted by Gasteiger charge is 2.08. The number of ketones is 1. The van der Waals surface area contributed by atoms with Gasteiger partial charge in [0, 0.05) is 5.56 Å². The summed E-state index contributed by atoms with van der Waals surface area (Å²) in [6, 6.07) is 1.76. The first-order valence-corrected chi connectivity index (χ1v) is 4.78. The largest absolute Gasteiger partial charge is 0.293 e. The van der Waals surface area contributed by atoms with Gasteiger partial charge in [0.2, 0.25) is 0 Å². The van der Waals surface area contributed by atoms with Gasteiger partial charge in [-0.15, -0.1) is 22.9 Å². The number of hydrogen-bond donors (Lipinski definition) is 0. The molecule has 4 heteroatoms. The van der Waals surface area contributed by atoms with Crippen molar-refractivity contribution in [3.8, 4) is 0 Å². The molecule has 0 aliphatic carbocycles. The van der Waals surface area contributed by atoms with Gasteiger partial charge in [0.25, 0.3) is 0 Å². The third-order valence-corrected chi connectivity index (χ3v) is 2.97. The Morgan fingerprint density at radius 1 is 1.80 bits per heavy atom. The Balaban J connectivity index is 2.93. The van der Waals surface area contributed by atoms with Crippen LogP contribution in [0.1, 0.15) is 10.4 Å². The molecule has 0 radical (unpaired) electrons. The van der Waals surface area contributed by atoms with Crippen LogP contribution in [-0.2, 0) is 0 Å². The number of halogens is 2. The fraction of sp³-hybridized carbons (Fsp3) is 0.167. The van der Waals surface area contributed by atoms with Crippen molar-refractivity contribution in [1.82, 2.24) is 0 Å². The number of thiophene rings is 1. The fourth-order valence-electron chi connectivity index (χ4n) is 0.565. The second-order valence-corrected chi connectivity index (χ2v) is 4.17. The van der Waals surface area contributed by atoms with E-state index in [1.165, 1.54) is 11.3 Å². The third-order valence-electron chi connectivity index (χ3n) is 1.04. The van der Waals surface area contributed by atoms with Crippen molar-refractivity contribution in [2.75, 3.05) is 5.88 Å². The van der Waals surface area contributed by atoms with Gasteiger partial charge in [-0.3, -0.25) is 4.79 Å². The molecule has 0 aliphatic heterocycles. The highest BCUT2D eigenvalue weighted by atomic mass is 79.9. The van der Waals surface area contributed by atoms with E-state index in [2.05, 4.69) is 15.9 Å². The maximum absolute atomic E-state index is 10.9. The van der Waals surface area contributed by atoms with Crippen molar-refractivity contribution in [3.05, 3.63) is 20.8 Å². The molecule has 0 spiro atoms. The number of alkyl halides is 1. The minimum Gasteiger partial charge on any atom is -0.293 e. The third kappa shape index (κ3) is 1.59. The van der Waals surface area contributed by atoms with Gasteiger partial charge < -0.3 is 0 Å². The zero-order valence-corrected chi connectivity index (χ0v) is 8.09. The van der Waals surface area contributed by atoms with Crippen LogP contribution < -0.4 is 0 Å². The average molecular weight is 240 g/mol. The molecular weight excluding hydrogens is 235 g/mol. The molecule has 1 nitrogen and oxygen atoms in total. The Morgan fingerprint density at radius 2 is 2.50 bits per heavy atom. The highest BCUT2D eigenvalue weighted by molar-refractivity contribution is 9.11. The number of carbonyl (C=O) groups is 1. The molecule has 0 fully saturated rings. The molecule has 10 heavy (non-hydrogen) atoms. The quantitative estimate of drug-likeness (QED) is 0.573. The molecule has 0 N–H and O–H groups in total. The molecule has 0 saturated heterocycles. The number of carbonyl (C=O) groups excluding carboxylic acids is 1. The second-order valence-electron chi connectivity index (χ2n) is 1.66. The van der Waals surface area contributed by atoms with Gasteiger partial charge in [0.05, 0.1) is 9.67 Å². The first-order chi connectivity index (χ1) is 4.75. The van der Waals surface area contributed by atoms with Crippen LogP contribution in [0, 0.1) is 0 Å². The van der Waals surface area contributed by atoms with Crippen LogP contribution in [0.3, 0.4) is 0 Å². The summed E-state index contributed by atoms with van der Waals surface area (Å²) in [6.07, 6.45) is 0. The van der Waals surface area contributed by atoms with E-state index >= 15 is 0 Å². The van der Waals surface area contributed by atoms with Gasteiger partial charge in [-0.1, -0.05) is 0 Å². The smallest absolute Gasteiger partial charge is 0.179 e. The average Bonchev–Trinajstić information content (AvgIpc) is 2.34. The van der Waals surface area contributed by atoms with E-state index in [-0.39, 0.29) is 11.7 Å². The Hall–Kier alpha value is 0.140. The lowest BCUT2D eigenvalue weighted by Crippen LogP contribution is -1.97. The van der Waals surface area contributed by atoms with Crippen molar-refractivity contribution in [1.29, 1.82) is 0 Å². The van der Waals surface area contributed by atoms with E-state index in [1.54, 1.807) is 6.07 Å². The number of hydrogen-bond acceptors (Lipinski definition) is 2. The molecule has 1 aromatic rings. The molecule has 0 atom stereocenters. The SMILES string of the molecule is O=C(CCl)c1ccsc1Br. The minimum absolute atomic E-state index is 0.0326. The van der Waals surface area contributed by atoms with Gasteiger partial charge >= 0.3 is 0 Å². The van der Waals surface area contributed by atoms with Crippen LogP contribution in [-0.4, -0.2) is 11.7 Å². The monoisotopic (exact) mass is 238 g/mol. The van der Waals surface area contributed by atoms with Gasteiger partial charge in [0.1, 0.15) is 0 Å². The maximum atomic E-state index is 10.9. The molecule has 0 aliphatic rings. The van der Waals surface area contributed by atoms with E-state index in [1.807, 2.05) is 5.38 Å². The molecule has 1 heterocycles. The molecule has 1 aromatic heterocycles. The van der Waals surface area contributed by atoms with E-state index in [4.69, 9.17) is 11.6 Å². The van der Waals surface area contributed by atoms with Crippen LogP contribution in [0.25, 0.3) is 0 Å². The topological polar surface area (TPSA) is 17.1 Å². The predicted molar refractivity (Wildman–Crippen MR) is 47.1 cm³/mol. The lowest BCUT2D eigenvalue weighted by Gasteiger charge is -1.89. The van der Waals surface area contributed by atoms with E-state index in [9.17, 15) is 4.79 Å². The summed E-state index contributed by atoms with van der Waals surface area (Å²) < 4.78 is 0.859. The summed E-state index contributed by atoms with van der Waals surface area (Å²) in [4.78, 5) is 10.9. The van der Waals surface area contributed by atoms with Gasteiger partial charge in [0.15, 0.2) is 5.78 Å². The van der Waals surface area contributed by atoms with Gasteiger partial charge in [-0.05, 0) is 27.4 Å². The van der Waals surface area contributed by atoms with Crippen molar-refractivity contribution in [2.45, 2.75) is 0 Å². The van der Waals surface area contributed by atoms with Gasteiger partial charge in [-0.25, -0.2) is 0 Å². The Kier molecular flexibility index (Phi) is 2.89. The first-order valence-electron chi connectivity index (χ1n) is 2.58. The molecule has 0 aromatic carbocycles. The van der Waals surface area contributed by atoms with E-state index < -0.39 is 0 Å². The number of Topliss-reactive ketones (excluding diaryl/α,β-unsaturated/α-hetero) is 1. The maximum Gasteiger partial charge on any atom is 0.179 e. The van der Waals surface area contributed by atoms with E-state index in [0.717, 1.165) is 3.79 Å². The summed E-state index contributed by atoms with van der Waals surface area (Å²) in [5.74, 6) is 0.0183. The Labute approximate surface area is 76.1 Å². The molecule has 0 saturated carbocycles. The van der Waals surface area contributed by atoms with Gasteiger partial charge in [-0.2, -0.15) is 0 Å². The van der Waals surface area contributed by atoms with Crippen LogP contribution in [0.2, 0.25) is 0 Å². The molecule has 0 unspecified atom stereocenters. The Bertz CT molecular complexity index is 246. The van der Waals surface area contributed by atoms with Crippen molar-refractivity contribution >= 4 is 44.7 Å². The van der Waals surface area contributed by atoms with Crippen LogP contribution >= 0.6 is 38.9 Å². The lowest BCUT2D eigenvalue weighted by molar-refractivity contribution is 0.102. The van der Waals surface area contributed by atoms with Crippen LogP contribution in [0.5, 0.6) is 0 Å². The predicted octanol–water partition coefficient (Wildman–Crippen LogP) is 2.93. The van der Waals surface area contributed by atoms with Crippen molar-refractivity contribution in [3.63, 3.8) is 0 Å². The van der Waals surface area contributed by atoms with Crippen LogP contribution in [0.15, 0.2) is 15.2 Å². The molecular formula is C6H4BrClOS. The van der Waals surface area contributed by atoms with Crippen molar-refractivity contribution in [2.24, 2.45) is 0 Å². The summed E-state index contributed by atoms with van der Waals surface area (Å²) in [5.41, 5.74) is 0.681. The summed E-state index contributed by atoms with van der Waals surface area (Å²) in [7, 11) is 0. The van der Waals surface area contributed by atoms with Crippen LogP contribution in [0.4, 0.5) is 0 Å². The zero-order chi connectivity index (χ0) is 7.56. The molecule has 0 amide bonds. The fourth-order valence-corrected chi connectivity index (χ4v) is 2.02. The zero-order valence-electron chi connectivity index (χ0n) is 4.93.